The zero-order valence-electron chi connectivity index (χ0n) is 27.0. The number of likely N-dealkylation sites (tertiary alicyclic amines) is 1. The van der Waals surface area contributed by atoms with E-state index in [1.165, 1.54) is 0 Å². The summed E-state index contributed by atoms with van der Waals surface area (Å²) < 4.78 is 5.63. The second kappa shape index (κ2) is 13.6. The highest BCUT2D eigenvalue weighted by Crippen LogP contribution is 2.25. The maximum atomic E-state index is 13.8. The summed E-state index contributed by atoms with van der Waals surface area (Å²) in [6, 6.07) is 23.8. The molecule has 0 bridgehead atoms. The molecule has 2 aromatic heterocycles. The van der Waals surface area contributed by atoms with Crippen LogP contribution in [0.4, 0.5) is 4.79 Å². The van der Waals surface area contributed by atoms with Gasteiger partial charge in [-0.2, -0.15) is 0 Å². The molecule has 3 N–H and O–H groups in total. The van der Waals surface area contributed by atoms with Gasteiger partial charge < -0.3 is 25.3 Å². The molecule has 1 aliphatic heterocycles. The molecule has 0 saturated carbocycles. The predicted molar refractivity (Wildman–Crippen MR) is 182 cm³/mol. The van der Waals surface area contributed by atoms with Gasteiger partial charge in [0.25, 0.3) is 5.91 Å². The Hall–Kier alpha value is -5.25. The van der Waals surface area contributed by atoms with Gasteiger partial charge in [-0.05, 0) is 69.2 Å². The molecule has 3 heterocycles. The largest absolute Gasteiger partial charge is 0.444 e. The lowest BCUT2D eigenvalue weighted by Gasteiger charge is -2.37. The molecule has 10 nitrogen and oxygen atoms in total. The Labute approximate surface area is 273 Å². The topological polar surface area (TPSA) is 129 Å². The average Bonchev–Trinajstić information content (AvgIpc) is 3.51. The van der Waals surface area contributed by atoms with Crippen molar-refractivity contribution in [2.75, 3.05) is 13.1 Å². The number of nitrogens with one attached hydrogen (secondary N) is 3. The molecular weight excluding hydrogens is 592 g/mol. The zero-order chi connectivity index (χ0) is 33.0. The first-order valence-electron chi connectivity index (χ1n) is 16.1. The van der Waals surface area contributed by atoms with Gasteiger partial charge in [-0.15, -0.1) is 0 Å². The highest BCUT2D eigenvalue weighted by Gasteiger charge is 2.32. The number of nitrogens with zero attached hydrogens (tertiary/aromatic N) is 3. The minimum absolute atomic E-state index is 0.199. The van der Waals surface area contributed by atoms with Crippen LogP contribution >= 0.6 is 0 Å². The standard InChI is InChI=1S/C37H40N6O4/c1-37(2,3)47-36(46)43-19-10-9-16-27(43)23-39-35(45)31(20-24-12-5-4-6-13-24)41-34(44)28-17-11-18-29-32(28)42-33(40-29)30-21-25-14-7-8-15-26(25)22-38-30/h4-8,11-15,17-18,21-22,27,31H,9-10,16,19-20,23H2,1-3H3,(H,39,45)(H,40,42)(H,41,44)/t27-,31?/m0/s1. The minimum atomic E-state index is -0.862. The molecule has 0 radical (unpaired) electrons. The maximum absolute atomic E-state index is 13.8. The number of benzene rings is 3. The summed E-state index contributed by atoms with van der Waals surface area (Å²) in [5.74, 6) is -0.192. The molecular formula is C37H40N6O4. The number of carbonyl (C=O) groups is 3. The monoisotopic (exact) mass is 632 g/mol. The van der Waals surface area contributed by atoms with Gasteiger partial charge in [0.15, 0.2) is 5.82 Å². The number of ether oxygens (including phenoxy) is 1. The molecule has 5 aromatic rings. The summed E-state index contributed by atoms with van der Waals surface area (Å²) in [5, 5.41) is 8.05. The third-order valence-electron chi connectivity index (χ3n) is 8.30. The van der Waals surface area contributed by atoms with Crippen LogP contribution in [0, 0.1) is 0 Å². The highest BCUT2D eigenvalue weighted by molar-refractivity contribution is 6.06. The molecule has 2 atom stereocenters. The number of rotatable bonds is 8. The first-order chi connectivity index (χ1) is 22.6. The van der Waals surface area contributed by atoms with Gasteiger partial charge in [-0.1, -0.05) is 60.7 Å². The summed E-state index contributed by atoms with van der Waals surface area (Å²) in [6.07, 6.45) is 4.31. The number of para-hydroxylation sites is 1. The van der Waals surface area contributed by atoms with E-state index in [0.29, 0.717) is 41.1 Å². The van der Waals surface area contributed by atoms with E-state index in [0.717, 1.165) is 35.6 Å². The maximum Gasteiger partial charge on any atom is 0.410 e. The minimum Gasteiger partial charge on any atom is -0.444 e. The van der Waals surface area contributed by atoms with Crippen molar-refractivity contribution in [2.45, 2.75) is 64.1 Å². The number of carbonyl (C=O) groups excluding carboxylic acids is 3. The lowest BCUT2D eigenvalue weighted by atomic mass is 10.0. The van der Waals surface area contributed by atoms with E-state index in [9.17, 15) is 14.4 Å². The molecule has 1 fully saturated rings. The van der Waals surface area contributed by atoms with Gasteiger partial charge in [-0.25, -0.2) is 9.78 Å². The number of imidazole rings is 1. The Morgan fingerprint density at radius 2 is 1.74 bits per heavy atom. The second-order valence-electron chi connectivity index (χ2n) is 13.0. The smallest absolute Gasteiger partial charge is 0.410 e. The van der Waals surface area contributed by atoms with Crippen molar-refractivity contribution in [2.24, 2.45) is 0 Å². The van der Waals surface area contributed by atoms with E-state index < -0.39 is 17.6 Å². The third-order valence-corrected chi connectivity index (χ3v) is 8.30. The number of amides is 3. The van der Waals surface area contributed by atoms with Gasteiger partial charge in [0, 0.05) is 31.1 Å². The quantitative estimate of drug-likeness (QED) is 0.192. The fourth-order valence-corrected chi connectivity index (χ4v) is 5.96. The van der Waals surface area contributed by atoms with Crippen LogP contribution in [0.15, 0.2) is 85.1 Å². The molecule has 1 aliphatic rings. The third kappa shape index (κ3) is 7.60. The van der Waals surface area contributed by atoms with Crippen molar-refractivity contribution in [3.05, 3.63) is 96.2 Å². The van der Waals surface area contributed by atoms with Crippen molar-refractivity contribution in [3.8, 4) is 11.5 Å². The highest BCUT2D eigenvalue weighted by atomic mass is 16.6. The molecule has 10 heteroatoms. The number of hydrogen-bond acceptors (Lipinski definition) is 6. The van der Waals surface area contributed by atoms with Crippen LogP contribution in [0.1, 0.15) is 56.0 Å². The predicted octanol–water partition coefficient (Wildman–Crippen LogP) is 6.03. The summed E-state index contributed by atoms with van der Waals surface area (Å²) >= 11 is 0. The second-order valence-corrected chi connectivity index (χ2v) is 13.0. The molecule has 3 amide bonds. The van der Waals surface area contributed by atoms with Crippen molar-refractivity contribution >= 4 is 39.7 Å². The van der Waals surface area contributed by atoms with E-state index in [1.807, 2.05) is 87.5 Å². The van der Waals surface area contributed by atoms with Crippen LogP contribution in [0.3, 0.4) is 0 Å². The average molecular weight is 633 g/mol. The van der Waals surface area contributed by atoms with Crippen molar-refractivity contribution in [1.82, 2.24) is 30.5 Å². The summed E-state index contributed by atoms with van der Waals surface area (Å²) in [4.78, 5) is 54.8. The summed E-state index contributed by atoms with van der Waals surface area (Å²) in [6.45, 7) is 6.35. The first kappa shape index (κ1) is 31.7. The van der Waals surface area contributed by atoms with Crippen LogP contribution in [-0.4, -0.2) is 68.5 Å². The van der Waals surface area contributed by atoms with E-state index in [-0.39, 0.29) is 24.6 Å². The van der Waals surface area contributed by atoms with Crippen molar-refractivity contribution in [3.63, 3.8) is 0 Å². The van der Waals surface area contributed by atoms with Crippen LogP contribution in [0.25, 0.3) is 33.3 Å². The molecule has 1 unspecified atom stereocenters. The van der Waals surface area contributed by atoms with Crippen LogP contribution in [0.2, 0.25) is 0 Å². The van der Waals surface area contributed by atoms with Crippen LogP contribution in [0.5, 0.6) is 0 Å². The van der Waals surface area contributed by atoms with Gasteiger partial charge in [0.05, 0.1) is 17.1 Å². The Morgan fingerprint density at radius 1 is 0.979 bits per heavy atom. The normalized spacial score (nSPS) is 15.7. The van der Waals surface area contributed by atoms with Crippen LogP contribution < -0.4 is 10.6 Å². The van der Waals surface area contributed by atoms with Gasteiger partial charge >= 0.3 is 6.09 Å². The first-order valence-corrected chi connectivity index (χ1v) is 16.1. The fourth-order valence-electron chi connectivity index (χ4n) is 5.96. The van der Waals surface area contributed by atoms with Crippen LogP contribution in [-0.2, 0) is 16.0 Å². The van der Waals surface area contributed by atoms with E-state index in [2.05, 4.69) is 20.6 Å². The van der Waals surface area contributed by atoms with E-state index in [1.54, 1.807) is 23.2 Å². The van der Waals surface area contributed by atoms with E-state index >= 15 is 0 Å². The molecule has 0 spiro atoms. The van der Waals surface area contributed by atoms with Crippen molar-refractivity contribution < 1.29 is 19.1 Å². The van der Waals surface area contributed by atoms with E-state index in [4.69, 9.17) is 9.72 Å². The number of H-pyrrole nitrogens is 1. The SMILES string of the molecule is CC(C)(C)OC(=O)N1CCCC[C@H]1CNC(=O)C(Cc1ccccc1)NC(=O)c1cccc2[nH]c(-c3cc4ccccc4cn3)nc12. The van der Waals surface area contributed by atoms with Gasteiger partial charge in [-0.3, -0.25) is 14.6 Å². The molecule has 1 saturated heterocycles. The molecule has 3 aromatic carbocycles. The Balaban J connectivity index is 1.21. The summed E-state index contributed by atoms with van der Waals surface area (Å²) in [7, 11) is 0. The number of fused-ring (bicyclic) bond motifs is 2. The molecule has 0 aliphatic carbocycles. The molecule has 6 rings (SSSR count). The molecule has 47 heavy (non-hydrogen) atoms. The lowest BCUT2D eigenvalue weighted by molar-refractivity contribution is -0.123. The number of pyridine rings is 1. The summed E-state index contributed by atoms with van der Waals surface area (Å²) in [5.41, 5.74) is 2.48. The Bertz CT molecular complexity index is 1900. The molecule has 242 valence electrons. The Kier molecular flexibility index (Phi) is 9.19. The van der Waals surface area contributed by atoms with Gasteiger partial charge in [0.1, 0.15) is 22.9 Å². The number of aromatic amines is 1. The fraction of sp³-hybridized carbons (Fsp3) is 0.324. The van der Waals surface area contributed by atoms with Gasteiger partial charge in [0.2, 0.25) is 5.91 Å². The Morgan fingerprint density at radius 3 is 2.53 bits per heavy atom. The van der Waals surface area contributed by atoms with Crippen molar-refractivity contribution in [1.29, 1.82) is 0 Å². The zero-order valence-corrected chi connectivity index (χ0v) is 27.0. The number of piperidine rings is 1. The lowest BCUT2D eigenvalue weighted by Crippen LogP contribution is -2.54. The number of aromatic nitrogens is 3. The number of hydrogen-bond donors (Lipinski definition) is 3.